The van der Waals surface area contributed by atoms with E-state index in [2.05, 4.69) is 23.6 Å². The van der Waals surface area contributed by atoms with Gasteiger partial charge in [0, 0.05) is 44.3 Å². The van der Waals surface area contributed by atoms with E-state index in [1.807, 2.05) is 0 Å². The van der Waals surface area contributed by atoms with Gasteiger partial charge in [0.1, 0.15) is 0 Å². The van der Waals surface area contributed by atoms with Crippen molar-refractivity contribution < 1.29 is 0 Å². The third-order valence-electron chi connectivity index (χ3n) is 5.64. The molecule has 3 heteroatoms. The van der Waals surface area contributed by atoms with E-state index < -0.39 is 0 Å². The van der Waals surface area contributed by atoms with E-state index in [9.17, 15) is 0 Å². The molecule has 2 N–H and O–H groups in total. The normalized spacial score (nSPS) is 23.6. The Bertz CT molecular complexity index is 259. The van der Waals surface area contributed by atoms with Gasteiger partial charge in [0.2, 0.25) is 0 Å². The molecule has 1 saturated heterocycles. The quantitative estimate of drug-likeness (QED) is 0.779. The number of nitrogens with two attached hydrogens (primary N) is 1. The maximum atomic E-state index is 6.21. The van der Waals surface area contributed by atoms with Crippen LogP contribution in [0.4, 0.5) is 0 Å². The van der Waals surface area contributed by atoms with Crippen LogP contribution in [0.2, 0.25) is 0 Å². The molecule has 0 atom stereocenters. The van der Waals surface area contributed by atoms with Gasteiger partial charge in [-0.1, -0.05) is 39.5 Å². The van der Waals surface area contributed by atoms with Gasteiger partial charge in [-0.15, -0.1) is 0 Å². The molecule has 0 aromatic rings. The Hall–Kier alpha value is -0.120. The molecule has 0 amide bonds. The third kappa shape index (κ3) is 3.55. The molecule has 1 aliphatic carbocycles. The minimum absolute atomic E-state index is 0.283. The summed E-state index contributed by atoms with van der Waals surface area (Å²) in [6, 6.07) is 0.891. The Balaban J connectivity index is 1.92. The van der Waals surface area contributed by atoms with Crippen molar-refractivity contribution in [1.29, 1.82) is 0 Å². The van der Waals surface area contributed by atoms with Crippen LogP contribution in [0.3, 0.4) is 0 Å². The lowest BCUT2D eigenvalue weighted by Gasteiger charge is -2.48. The second-order valence-corrected chi connectivity index (χ2v) is 6.89. The summed E-state index contributed by atoms with van der Waals surface area (Å²) in [7, 11) is 0. The average Bonchev–Trinajstić information content (AvgIpc) is 3.01. The molecule has 2 rings (SSSR count). The first-order valence-corrected chi connectivity index (χ1v) is 8.95. The topological polar surface area (TPSA) is 32.5 Å². The Morgan fingerprint density at radius 1 is 0.950 bits per heavy atom. The minimum Gasteiger partial charge on any atom is -0.329 e. The Kier molecular flexibility index (Phi) is 6.31. The molecule has 3 nitrogen and oxygen atoms in total. The monoisotopic (exact) mass is 281 g/mol. The molecule has 0 radical (unpaired) electrons. The van der Waals surface area contributed by atoms with Gasteiger partial charge in [0.05, 0.1) is 0 Å². The van der Waals surface area contributed by atoms with E-state index in [1.54, 1.807) is 0 Å². The minimum atomic E-state index is 0.283. The number of nitrogens with zero attached hydrogens (tertiary/aromatic N) is 2. The van der Waals surface area contributed by atoms with Crippen LogP contribution < -0.4 is 5.73 Å². The fourth-order valence-corrected chi connectivity index (χ4v) is 4.54. The van der Waals surface area contributed by atoms with Crippen molar-refractivity contribution in [3.63, 3.8) is 0 Å². The summed E-state index contributed by atoms with van der Waals surface area (Å²) >= 11 is 0. The largest absolute Gasteiger partial charge is 0.329 e. The zero-order valence-corrected chi connectivity index (χ0v) is 13.7. The van der Waals surface area contributed by atoms with E-state index in [4.69, 9.17) is 5.73 Å². The second kappa shape index (κ2) is 7.77. The molecule has 2 aliphatic rings. The molecule has 118 valence electrons. The molecule has 0 aromatic heterocycles. The maximum Gasteiger partial charge on any atom is 0.0332 e. The summed E-state index contributed by atoms with van der Waals surface area (Å²) in [6.45, 7) is 10.4. The van der Waals surface area contributed by atoms with Gasteiger partial charge in [-0.2, -0.15) is 0 Å². The lowest BCUT2D eigenvalue weighted by molar-refractivity contribution is 0.0113. The molecule has 0 aromatic carbocycles. The van der Waals surface area contributed by atoms with Crippen LogP contribution >= 0.6 is 0 Å². The molecule has 1 heterocycles. The van der Waals surface area contributed by atoms with Gasteiger partial charge in [0.25, 0.3) is 0 Å². The summed E-state index contributed by atoms with van der Waals surface area (Å²) in [4.78, 5) is 5.48. The second-order valence-electron chi connectivity index (χ2n) is 6.89. The van der Waals surface area contributed by atoms with E-state index in [-0.39, 0.29) is 5.54 Å². The van der Waals surface area contributed by atoms with Gasteiger partial charge in [0.15, 0.2) is 0 Å². The molecule has 0 bridgehead atoms. The Morgan fingerprint density at radius 3 is 1.95 bits per heavy atom. The molecule has 0 unspecified atom stereocenters. The first kappa shape index (κ1) is 16.3. The third-order valence-corrected chi connectivity index (χ3v) is 5.64. The van der Waals surface area contributed by atoms with Crippen molar-refractivity contribution >= 4 is 0 Å². The first-order chi connectivity index (χ1) is 9.75. The van der Waals surface area contributed by atoms with Gasteiger partial charge < -0.3 is 5.73 Å². The number of rotatable bonds is 7. The Morgan fingerprint density at radius 2 is 1.50 bits per heavy atom. The van der Waals surface area contributed by atoms with Crippen LogP contribution in [0.15, 0.2) is 0 Å². The van der Waals surface area contributed by atoms with Crippen molar-refractivity contribution in [1.82, 2.24) is 9.80 Å². The highest BCUT2D eigenvalue weighted by atomic mass is 15.3. The average molecular weight is 281 g/mol. The zero-order chi connectivity index (χ0) is 14.4. The summed E-state index contributed by atoms with van der Waals surface area (Å²) in [5.74, 6) is 0. The highest BCUT2D eigenvalue weighted by Gasteiger charge is 2.36. The summed E-state index contributed by atoms with van der Waals surface area (Å²) in [5.41, 5.74) is 6.50. The lowest BCUT2D eigenvalue weighted by atomic mass is 9.86. The van der Waals surface area contributed by atoms with Crippen LogP contribution in [0, 0.1) is 0 Å². The fraction of sp³-hybridized carbons (Fsp3) is 1.00. The summed E-state index contributed by atoms with van der Waals surface area (Å²) < 4.78 is 0. The standard InChI is InChI=1S/C17H35N3/c1-3-9-17(15-18,10-4-2)20-13-11-19(12-14-20)16-7-5-6-8-16/h16H,3-15,18H2,1-2H3. The van der Waals surface area contributed by atoms with Gasteiger partial charge in [-0.25, -0.2) is 0 Å². The maximum absolute atomic E-state index is 6.21. The molecule has 2 fully saturated rings. The van der Waals surface area contributed by atoms with Crippen LogP contribution in [0.25, 0.3) is 0 Å². The van der Waals surface area contributed by atoms with E-state index in [0.717, 1.165) is 12.6 Å². The lowest BCUT2D eigenvalue weighted by Crippen LogP contribution is -2.61. The van der Waals surface area contributed by atoms with Gasteiger partial charge >= 0.3 is 0 Å². The van der Waals surface area contributed by atoms with Gasteiger partial charge in [-0.05, 0) is 25.7 Å². The smallest absolute Gasteiger partial charge is 0.0332 e. The van der Waals surface area contributed by atoms with Crippen molar-refractivity contribution in [2.24, 2.45) is 5.73 Å². The highest BCUT2D eigenvalue weighted by molar-refractivity contribution is 4.94. The van der Waals surface area contributed by atoms with Crippen LogP contribution in [-0.2, 0) is 0 Å². The van der Waals surface area contributed by atoms with E-state index in [0.29, 0.717) is 0 Å². The predicted octanol–water partition coefficient (Wildman–Crippen LogP) is 2.84. The molecular weight excluding hydrogens is 246 g/mol. The van der Waals surface area contributed by atoms with Crippen molar-refractivity contribution in [2.75, 3.05) is 32.7 Å². The molecule has 1 aliphatic heterocycles. The van der Waals surface area contributed by atoms with Crippen LogP contribution in [0.1, 0.15) is 65.2 Å². The Labute approximate surface area is 125 Å². The number of hydrogen-bond donors (Lipinski definition) is 1. The van der Waals surface area contributed by atoms with E-state index in [1.165, 1.54) is 77.5 Å². The molecular formula is C17H35N3. The zero-order valence-electron chi connectivity index (χ0n) is 13.7. The van der Waals surface area contributed by atoms with Crippen molar-refractivity contribution in [3.8, 4) is 0 Å². The van der Waals surface area contributed by atoms with Gasteiger partial charge in [-0.3, -0.25) is 9.80 Å². The molecule has 0 spiro atoms. The number of piperazine rings is 1. The SMILES string of the molecule is CCCC(CN)(CCC)N1CCN(C2CCCC2)CC1. The fourth-order valence-electron chi connectivity index (χ4n) is 4.54. The predicted molar refractivity (Wildman–Crippen MR) is 87.0 cm³/mol. The van der Waals surface area contributed by atoms with Crippen molar-refractivity contribution in [2.45, 2.75) is 76.8 Å². The number of hydrogen-bond acceptors (Lipinski definition) is 3. The summed E-state index contributed by atoms with van der Waals surface area (Å²) in [6.07, 6.45) is 10.8. The van der Waals surface area contributed by atoms with Crippen molar-refractivity contribution in [3.05, 3.63) is 0 Å². The van der Waals surface area contributed by atoms with Crippen LogP contribution in [-0.4, -0.2) is 54.1 Å². The highest BCUT2D eigenvalue weighted by Crippen LogP contribution is 2.30. The van der Waals surface area contributed by atoms with Crippen LogP contribution in [0.5, 0.6) is 0 Å². The first-order valence-electron chi connectivity index (χ1n) is 8.95. The summed E-state index contributed by atoms with van der Waals surface area (Å²) in [5, 5.41) is 0. The molecule has 1 saturated carbocycles. The van der Waals surface area contributed by atoms with E-state index >= 15 is 0 Å². The molecule has 20 heavy (non-hydrogen) atoms.